The zero-order valence-electron chi connectivity index (χ0n) is 13.4. The van der Waals surface area contributed by atoms with Crippen molar-refractivity contribution in [3.05, 3.63) is 30.3 Å². The van der Waals surface area contributed by atoms with Crippen LogP contribution in [0.4, 0.5) is 5.69 Å². The number of para-hydroxylation sites is 1. The van der Waals surface area contributed by atoms with Crippen LogP contribution in [0.5, 0.6) is 0 Å². The molecule has 1 aromatic carbocycles. The molecule has 1 aromatic rings. The molecule has 0 aromatic heterocycles. The van der Waals surface area contributed by atoms with Crippen molar-refractivity contribution in [2.24, 2.45) is 5.92 Å². The highest BCUT2D eigenvalue weighted by molar-refractivity contribution is 7.80. The van der Waals surface area contributed by atoms with Crippen molar-refractivity contribution in [1.82, 2.24) is 9.80 Å². The molecule has 24 heavy (non-hydrogen) atoms. The Kier molecular flexibility index (Phi) is 4.99. The number of anilines is 1. The quantitative estimate of drug-likeness (QED) is 0.812. The minimum atomic E-state index is -0.878. The first-order valence-corrected chi connectivity index (χ1v) is 8.58. The molecule has 2 heterocycles. The number of piperidine rings is 1. The van der Waals surface area contributed by atoms with E-state index in [1.54, 1.807) is 4.90 Å². The maximum atomic E-state index is 12.1. The number of nitrogens with one attached hydrogen (secondary N) is 1. The fourth-order valence-electron chi connectivity index (χ4n) is 3.35. The SMILES string of the molecule is O=C(O)C1CC(=O)N(C2CCN(C(=S)Nc3ccccc3)CC2)C1. The summed E-state index contributed by atoms with van der Waals surface area (Å²) in [6.07, 6.45) is 1.76. The van der Waals surface area contributed by atoms with Gasteiger partial charge in [0.2, 0.25) is 5.91 Å². The van der Waals surface area contributed by atoms with Crippen LogP contribution in [0, 0.1) is 5.92 Å². The topological polar surface area (TPSA) is 72.9 Å². The van der Waals surface area contributed by atoms with Gasteiger partial charge in [-0.15, -0.1) is 0 Å². The first-order chi connectivity index (χ1) is 11.5. The predicted molar refractivity (Wildman–Crippen MR) is 94.7 cm³/mol. The standard InChI is InChI=1S/C17H21N3O3S/c21-15-10-12(16(22)23)11-20(15)14-6-8-19(9-7-14)17(24)18-13-4-2-1-3-5-13/h1-5,12,14H,6-11H2,(H,18,24)(H,22,23). The van der Waals surface area contributed by atoms with Gasteiger partial charge in [0, 0.05) is 37.8 Å². The normalized spacial score (nSPS) is 21.8. The number of carbonyl (C=O) groups is 2. The number of carboxylic acids is 1. The molecule has 1 amide bonds. The van der Waals surface area contributed by atoms with E-state index in [0.717, 1.165) is 31.6 Å². The predicted octanol–water partition coefficient (Wildman–Crippen LogP) is 1.78. The van der Waals surface area contributed by atoms with Crippen molar-refractivity contribution in [2.45, 2.75) is 25.3 Å². The van der Waals surface area contributed by atoms with E-state index in [1.807, 2.05) is 30.3 Å². The monoisotopic (exact) mass is 347 g/mol. The van der Waals surface area contributed by atoms with Crippen molar-refractivity contribution in [3.8, 4) is 0 Å². The molecule has 2 saturated heterocycles. The minimum absolute atomic E-state index is 0.0363. The van der Waals surface area contributed by atoms with Crippen LogP contribution >= 0.6 is 12.2 Å². The molecule has 3 rings (SSSR count). The molecule has 7 heteroatoms. The molecular formula is C17H21N3O3S. The van der Waals surface area contributed by atoms with Gasteiger partial charge < -0.3 is 20.2 Å². The molecule has 2 aliphatic rings. The lowest BCUT2D eigenvalue weighted by Gasteiger charge is -2.38. The van der Waals surface area contributed by atoms with Gasteiger partial charge in [0.1, 0.15) is 0 Å². The van der Waals surface area contributed by atoms with E-state index in [0.29, 0.717) is 11.7 Å². The second-order valence-electron chi connectivity index (χ2n) is 6.30. The Morgan fingerprint density at radius 1 is 1.21 bits per heavy atom. The summed E-state index contributed by atoms with van der Waals surface area (Å²) in [5.74, 6) is -1.47. The van der Waals surface area contributed by atoms with E-state index in [-0.39, 0.29) is 18.4 Å². The van der Waals surface area contributed by atoms with E-state index >= 15 is 0 Å². The first-order valence-electron chi connectivity index (χ1n) is 8.18. The van der Waals surface area contributed by atoms with Gasteiger partial charge in [0.25, 0.3) is 0 Å². The van der Waals surface area contributed by atoms with Crippen molar-refractivity contribution >= 4 is 34.9 Å². The van der Waals surface area contributed by atoms with Crippen LogP contribution in [0.15, 0.2) is 30.3 Å². The van der Waals surface area contributed by atoms with Crippen LogP contribution in [0.1, 0.15) is 19.3 Å². The highest BCUT2D eigenvalue weighted by Crippen LogP contribution is 2.26. The Morgan fingerprint density at radius 2 is 1.88 bits per heavy atom. The Bertz CT molecular complexity index is 629. The van der Waals surface area contributed by atoms with Crippen LogP contribution in [0.25, 0.3) is 0 Å². The lowest BCUT2D eigenvalue weighted by Crippen LogP contribution is -2.48. The van der Waals surface area contributed by atoms with E-state index < -0.39 is 11.9 Å². The summed E-state index contributed by atoms with van der Waals surface area (Å²) in [4.78, 5) is 27.0. The highest BCUT2D eigenvalue weighted by Gasteiger charge is 2.39. The van der Waals surface area contributed by atoms with Gasteiger partial charge in [-0.3, -0.25) is 9.59 Å². The summed E-state index contributed by atoms with van der Waals surface area (Å²) in [7, 11) is 0. The lowest BCUT2D eigenvalue weighted by molar-refractivity contribution is -0.141. The number of rotatable bonds is 3. The van der Waals surface area contributed by atoms with Crippen LogP contribution in [0.3, 0.4) is 0 Å². The number of hydrogen-bond donors (Lipinski definition) is 2. The third-order valence-electron chi connectivity index (χ3n) is 4.73. The van der Waals surface area contributed by atoms with Crippen molar-refractivity contribution in [1.29, 1.82) is 0 Å². The Labute approximate surface area is 146 Å². The fourth-order valence-corrected chi connectivity index (χ4v) is 3.66. The van der Waals surface area contributed by atoms with E-state index in [1.165, 1.54) is 0 Å². The molecule has 2 N–H and O–H groups in total. The molecule has 2 fully saturated rings. The number of likely N-dealkylation sites (tertiary alicyclic amines) is 2. The Hall–Kier alpha value is -2.15. The molecule has 0 bridgehead atoms. The number of nitrogens with zero attached hydrogens (tertiary/aromatic N) is 2. The van der Waals surface area contributed by atoms with Gasteiger partial charge in [-0.05, 0) is 37.2 Å². The smallest absolute Gasteiger partial charge is 0.308 e. The second kappa shape index (κ2) is 7.17. The number of thiocarbonyl (C=S) groups is 1. The maximum Gasteiger partial charge on any atom is 0.308 e. The molecule has 6 nitrogen and oxygen atoms in total. The molecular weight excluding hydrogens is 326 g/mol. The van der Waals surface area contributed by atoms with Gasteiger partial charge in [-0.25, -0.2) is 0 Å². The summed E-state index contributed by atoms with van der Waals surface area (Å²) in [5.41, 5.74) is 0.962. The molecule has 128 valence electrons. The number of aliphatic carboxylic acids is 1. The number of carboxylic acid groups (broad SMARTS) is 1. The van der Waals surface area contributed by atoms with Crippen LogP contribution in [-0.4, -0.2) is 57.6 Å². The van der Waals surface area contributed by atoms with Crippen LogP contribution in [-0.2, 0) is 9.59 Å². The molecule has 1 atom stereocenters. The van der Waals surface area contributed by atoms with Crippen molar-refractivity contribution in [2.75, 3.05) is 25.0 Å². The molecule has 0 saturated carbocycles. The molecule has 1 unspecified atom stereocenters. The van der Waals surface area contributed by atoms with Crippen LogP contribution in [0.2, 0.25) is 0 Å². The zero-order valence-corrected chi connectivity index (χ0v) is 14.2. The summed E-state index contributed by atoms with van der Waals surface area (Å²) in [6, 6.07) is 9.92. The van der Waals surface area contributed by atoms with Crippen LogP contribution < -0.4 is 5.32 Å². The van der Waals surface area contributed by atoms with Gasteiger partial charge in [0.15, 0.2) is 5.11 Å². The Balaban J connectivity index is 1.51. The summed E-state index contributed by atoms with van der Waals surface area (Å²) in [6.45, 7) is 1.88. The third kappa shape index (κ3) is 3.67. The number of amides is 1. The van der Waals surface area contributed by atoms with E-state index in [2.05, 4.69) is 10.2 Å². The van der Waals surface area contributed by atoms with Gasteiger partial charge in [-0.1, -0.05) is 18.2 Å². The molecule has 0 aliphatic carbocycles. The van der Waals surface area contributed by atoms with Crippen molar-refractivity contribution < 1.29 is 14.7 Å². The average Bonchev–Trinajstić information content (AvgIpc) is 2.98. The lowest BCUT2D eigenvalue weighted by atomic mass is 10.0. The summed E-state index contributed by atoms with van der Waals surface area (Å²) >= 11 is 5.46. The van der Waals surface area contributed by atoms with E-state index in [4.69, 9.17) is 17.3 Å². The highest BCUT2D eigenvalue weighted by atomic mass is 32.1. The Morgan fingerprint density at radius 3 is 2.46 bits per heavy atom. The van der Waals surface area contributed by atoms with E-state index in [9.17, 15) is 9.59 Å². The number of hydrogen-bond acceptors (Lipinski definition) is 3. The number of benzene rings is 1. The maximum absolute atomic E-state index is 12.1. The summed E-state index contributed by atoms with van der Waals surface area (Å²) < 4.78 is 0. The van der Waals surface area contributed by atoms with Gasteiger partial charge in [-0.2, -0.15) is 0 Å². The molecule has 2 aliphatic heterocycles. The largest absolute Gasteiger partial charge is 0.481 e. The fraction of sp³-hybridized carbons (Fsp3) is 0.471. The van der Waals surface area contributed by atoms with Gasteiger partial charge in [0.05, 0.1) is 5.92 Å². The zero-order chi connectivity index (χ0) is 17.1. The average molecular weight is 347 g/mol. The third-order valence-corrected chi connectivity index (χ3v) is 5.09. The van der Waals surface area contributed by atoms with Crippen molar-refractivity contribution in [3.63, 3.8) is 0 Å². The minimum Gasteiger partial charge on any atom is -0.481 e. The first kappa shape index (κ1) is 16.7. The summed E-state index contributed by atoms with van der Waals surface area (Å²) in [5, 5.41) is 13.0. The second-order valence-corrected chi connectivity index (χ2v) is 6.69. The molecule has 0 radical (unpaired) electrons. The van der Waals surface area contributed by atoms with Gasteiger partial charge >= 0.3 is 5.97 Å². The number of carbonyl (C=O) groups excluding carboxylic acids is 1. The molecule has 0 spiro atoms.